The highest BCUT2D eigenvalue weighted by atomic mass is 79.9. The SMILES string of the molecule is CO[C@H]1CC[C@@]2(Cc3ccc(Br)cc3C2=O)C[C@@H]1C.C[C@H]1C[C@@]2(CC[C@@H]1O)Cc1ccc(Br)cc1C2=O.[2H]CF. The number of carbonyl (C=O) groups is 2. The van der Waals surface area contributed by atoms with E-state index in [2.05, 4.69) is 57.8 Å². The van der Waals surface area contributed by atoms with E-state index in [1.165, 1.54) is 11.1 Å². The number of halogens is 3. The summed E-state index contributed by atoms with van der Waals surface area (Å²) in [5.74, 6) is 1.32. The van der Waals surface area contributed by atoms with Crippen molar-refractivity contribution in [2.45, 2.75) is 77.4 Å². The lowest BCUT2D eigenvalue weighted by molar-refractivity contribution is -0.00680. The van der Waals surface area contributed by atoms with Crippen LogP contribution in [-0.4, -0.2) is 43.1 Å². The molecule has 6 atom stereocenters. The number of hydrogen-bond donors (Lipinski definition) is 1. The molecule has 0 unspecified atom stereocenters. The number of aliphatic hydroxyl groups excluding tert-OH is 1. The highest BCUT2D eigenvalue weighted by Gasteiger charge is 2.50. The number of carbonyl (C=O) groups excluding carboxylic acids is 2. The van der Waals surface area contributed by atoms with E-state index < -0.39 is 7.15 Å². The molecule has 7 heteroatoms. The second-order valence-corrected chi connectivity index (χ2v) is 13.8. The van der Waals surface area contributed by atoms with Crippen LogP contribution in [0.15, 0.2) is 45.3 Å². The molecule has 4 nitrogen and oxygen atoms in total. The number of alkyl halides is 1. The summed E-state index contributed by atoms with van der Waals surface area (Å²) in [6.07, 6.45) is 7.15. The second-order valence-electron chi connectivity index (χ2n) is 12.0. The van der Waals surface area contributed by atoms with Gasteiger partial charge in [-0.15, -0.1) is 0 Å². The average Bonchev–Trinajstić information content (AvgIpc) is 3.33. The molecule has 0 amide bonds. The van der Waals surface area contributed by atoms with Crippen LogP contribution >= 0.6 is 31.9 Å². The Morgan fingerprint density at radius 2 is 1.36 bits per heavy atom. The van der Waals surface area contributed by atoms with Gasteiger partial charge < -0.3 is 9.84 Å². The summed E-state index contributed by atoms with van der Waals surface area (Å²) in [7, 11) is 0.779. The summed E-state index contributed by atoms with van der Waals surface area (Å²) in [5, 5.41) is 9.85. The maximum Gasteiger partial charge on any atom is 0.169 e. The number of benzene rings is 2. The summed E-state index contributed by atoms with van der Waals surface area (Å²) in [6.45, 7) is 4.26. The van der Waals surface area contributed by atoms with Crippen LogP contribution in [0.25, 0.3) is 0 Å². The monoisotopic (exact) mass is 665 g/mol. The minimum atomic E-state index is -1.00. The third kappa shape index (κ3) is 5.84. The summed E-state index contributed by atoms with van der Waals surface area (Å²) < 4.78 is 23.0. The molecule has 0 aliphatic heterocycles. The summed E-state index contributed by atoms with van der Waals surface area (Å²) in [6, 6.07) is 12.1. The Kier molecular flexibility index (Phi) is 9.11. The maximum absolute atomic E-state index is 12.8. The lowest BCUT2D eigenvalue weighted by Gasteiger charge is -2.39. The van der Waals surface area contributed by atoms with Crippen molar-refractivity contribution in [1.82, 2.24) is 0 Å². The highest BCUT2D eigenvalue weighted by Crippen LogP contribution is 2.50. The fourth-order valence-corrected chi connectivity index (χ4v) is 8.21. The van der Waals surface area contributed by atoms with Gasteiger partial charge in [0, 0.05) is 38.0 Å². The number of methoxy groups -OCH3 is 1. The minimum absolute atomic E-state index is 0.155. The molecule has 4 aliphatic rings. The maximum atomic E-state index is 12.8. The normalized spacial score (nSPS) is 33.1. The lowest BCUT2D eigenvalue weighted by atomic mass is 9.66. The topological polar surface area (TPSA) is 63.6 Å². The van der Waals surface area contributed by atoms with Crippen molar-refractivity contribution in [3.63, 3.8) is 0 Å². The van der Waals surface area contributed by atoms with Gasteiger partial charge in [-0.3, -0.25) is 14.0 Å². The van der Waals surface area contributed by atoms with E-state index in [0.717, 1.165) is 71.4 Å². The Morgan fingerprint density at radius 1 is 0.897 bits per heavy atom. The Bertz CT molecular complexity index is 1260. The molecule has 2 aromatic carbocycles. The number of aliphatic hydroxyl groups is 1. The number of Topliss-reactive ketones (excluding diaryl/α,β-unsaturated/α-hetero) is 2. The summed E-state index contributed by atoms with van der Waals surface area (Å²) >= 11 is 6.90. The molecular formula is C32H39Br2FO4. The molecule has 6 rings (SSSR count). The zero-order valence-corrected chi connectivity index (χ0v) is 26.1. The van der Waals surface area contributed by atoms with Crippen molar-refractivity contribution in [2.24, 2.45) is 22.7 Å². The Labute approximate surface area is 249 Å². The fourth-order valence-electron chi connectivity index (χ4n) is 7.49. The Hall–Kier alpha value is -1.41. The first kappa shape index (κ1) is 29.1. The van der Waals surface area contributed by atoms with Crippen LogP contribution in [0.5, 0.6) is 0 Å². The van der Waals surface area contributed by atoms with Crippen LogP contribution in [0, 0.1) is 22.7 Å². The van der Waals surface area contributed by atoms with E-state index in [1.807, 2.05) is 24.3 Å². The largest absolute Gasteiger partial charge is 0.393 e. The lowest BCUT2D eigenvalue weighted by Crippen LogP contribution is -2.40. The van der Waals surface area contributed by atoms with E-state index in [1.54, 1.807) is 7.11 Å². The number of fused-ring (bicyclic) bond motifs is 2. The third-order valence-corrected chi connectivity index (χ3v) is 10.5. The number of hydrogen-bond acceptors (Lipinski definition) is 4. The van der Waals surface area contributed by atoms with E-state index in [0.29, 0.717) is 17.8 Å². The molecule has 0 radical (unpaired) electrons. The standard InChI is InChI=1S/C16H19BrO2.C15H17BrO2.CH3F/c1-10-8-16(6-5-14(10)19-2)9-11-3-4-12(17)7-13(11)15(16)18;1-9-7-15(5-4-13(9)17)8-10-2-3-11(16)6-12(10)14(15)18;1-2/h3-4,7,10,14H,5-6,8-9H2,1-2H3;2-3,6,9,13,17H,4-5,7-8H2,1H3;1H3/t10-,14-,16-;9-,13-,15-;/m00./s1/i;;1D. The molecule has 212 valence electrons. The van der Waals surface area contributed by atoms with Crippen LogP contribution < -0.4 is 0 Å². The average molecular weight is 667 g/mol. The molecule has 0 saturated heterocycles. The smallest absolute Gasteiger partial charge is 0.169 e. The molecule has 2 spiro atoms. The zero-order valence-electron chi connectivity index (χ0n) is 23.9. The van der Waals surface area contributed by atoms with E-state index >= 15 is 0 Å². The van der Waals surface area contributed by atoms with Gasteiger partial charge in [-0.2, -0.15) is 0 Å². The van der Waals surface area contributed by atoms with Gasteiger partial charge in [-0.05, 0) is 98.6 Å². The van der Waals surface area contributed by atoms with Gasteiger partial charge >= 0.3 is 0 Å². The zero-order chi connectivity index (χ0) is 29.2. The van der Waals surface area contributed by atoms with Crippen LogP contribution in [0.2, 0.25) is 0 Å². The van der Waals surface area contributed by atoms with Gasteiger partial charge in [0.05, 0.1) is 20.7 Å². The van der Waals surface area contributed by atoms with Crippen LogP contribution in [0.4, 0.5) is 4.39 Å². The van der Waals surface area contributed by atoms with Crippen molar-refractivity contribution in [2.75, 3.05) is 14.3 Å². The van der Waals surface area contributed by atoms with Crippen LogP contribution in [-0.2, 0) is 17.6 Å². The molecule has 4 aliphatic carbocycles. The van der Waals surface area contributed by atoms with Crippen LogP contribution in [0.3, 0.4) is 0 Å². The van der Waals surface area contributed by atoms with Crippen LogP contribution in [0.1, 0.15) is 85.6 Å². The van der Waals surface area contributed by atoms with Crippen molar-refractivity contribution in [3.05, 3.63) is 67.6 Å². The van der Waals surface area contributed by atoms with Crippen molar-refractivity contribution >= 4 is 43.4 Å². The molecule has 0 heterocycles. The number of ether oxygens (including phenoxy) is 1. The Morgan fingerprint density at radius 3 is 1.79 bits per heavy atom. The van der Waals surface area contributed by atoms with Gasteiger partial charge in [-0.25, -0.2) is 0 Å². The number of ketones is 2. The molecular weight excluding hydrogens is 627 g/mol. The Balaban J connectivity index is 0.000000169. The van der Waals surface area contributed by atoms with Crippen molar-refractivity contribution in [1.29, 1.82) is 0 Å². The van der Waals surface area contributed by atoms with Gasteiger partial charge in [0.25, 0.3) is 0 Å². The summed E-state index contributed by atoms with van der Waals surface area (Å²) in [4.78, 5) is 25.5. The predicted octanol–water partition coefficient (Wildman–Crippen LogP) is 7.95. The summed E-state index contributed by atoms with van der Waals surface area (Å²) in [5.41, 5.74) is 3.81. The molecule has 0 bridgehead atoms. The minimum Gasteiger partial charge on any atom is -0.393 e. The van der Waals surface area contributed by atoms with Gasteiger partial charge in [0.1, 0.15) is 0 Å². The first-order valence-electron chi connectivity index (χ1n) is 14.4. The molecule has 0 aromatic heterocycles. The number of rotatable bonds is 1. The molecule has 2 saturated carbocycles. The third-order valence-electron chi connectivity index (χ3n) is 9.50. The quantitative estimate of drug-likeness (QED) is 0.336. The van der Waals surface area contributed by atoms with E-state index in [-0.39, 0.29) is 28.6 Å². The molecule has 39 heavy (non-hydrogen) atoms. The van der Waals surface area contributed by atoms with Crippen molar-refractivity contribution in [3.8, 4) is 0 Å². The molecule has 2 aromatic rings. The van der Waals surface area contributed by atoms with E-state index in [9.17, 15) is 19.1 Å². The van der Waals surface area contributed by atoms with E-state index in [4.69, 9.17) is 6.11 Å². The molecule has 1 N–H and O–H groups in total. The fraction of sp³-hybridized carbons (Fsp3) is 0.562. The molecule has 2 fully saturated rings. The van der Waals surface area contributed by atoms with Gasteiger partial charge in [-0.1, -0.05) is 57.8 Å². The first-order valence-corrected chi connectivity index (χ1v) is 15.3. The second kappa shape index (κ2) is 12.2. The van der Waals surface area contributed by atoms with Gasteiger partial charge in [0.15, 0.2) is 11.6 Å². The predicted molar refractivity (Wildman–Crippen MR) is 159 cm³/mol. The van der Waals surface area contributed by atoms with Gasteiger partial charge in [0.2, 0.25) is 0 Å². The van der Waals surface area contributed by atoms with Crippen molar-refractivity contribution < 1.29 is 25.2 Å². The first-order chi connectivity index (χ1) is 19.0. The highest BCUT2D eigenvalue weighted by molar-refractivity contribution is 9.10.